The second-order valence-electron chi connectivity index (χ2n) is 1.57. The quantitative estimate of drug-likeness (QED) is 0.519. The highest BCUT2D eigenvalue weighted by Gasteiger charge is 2.11. The minimum absolute atomic E-state index is 0.249. The van der Waals surface area contributed by atoms with Crippen LogP contribution >= 0.6 is 0 Å². The summed E-state index contributed by atoms with van der Waals surface area (Å²) in [6.45, 7) is 8.51. The summed E-state index contributed by atoms with van der Waals surface area (Å²) in [5, 5.41) is 4.76. The van der Waals surface area contributed by atoms with Gasteiger partial charge in [0.15, 0.2) is 0 Å². The first kappa shape index (κ1) is 13.7. The van der Waals surface area contributed by atoms with Crippen molar-refractivity contribution in [3.63, 3.8) is 0 Å². The third-order valence-electron chi connectivity index (χ3n) is 0.850. The first-order chi connectivity index (χ1) is 5.79. The Morgan fingerprint density at radius 2 is 1.25 bits per heavy atom. The number of amides is 2. The monoisotopic (exact) mass is 174 g/mol. The van der Waals surface area contributed by atoms with Gasteiger partial charge >= 0.3 is 0 Å². The summed E-state index contributed by atoms with van der Waals surface area (Å²) < 4.78 is 0. The van der Waals surface area contributed by atoms with Crippen molar-refractivity contribution in [3.8, 4) is 0 Å². The van der Waals surface area contributed by atoms with Crippen molar-refractivity contribution >= 4 is 11.8 Å². The Labute approximate surface area is 73.7 Å². The normalized spacial score (nSPS) is 14.7. The highest BCUT2D eigenvalue weighted by Crippen LogP contribution is 1.72. The third kappa shape index (κ3) is 7.21. The Kier molecular flexibility index (Phi) is 11.5. The van der Waals surface area contributed by atoms with Gasteiger partial charge in [-0.1, -0.05) is 27.7 Å². The molecule has 0 spiro atoms. The maximum Gasteiger partial charge on any atom is 0.240 e. The Morgan fingerprint density at radius 3 is 1.42 bits per heavy atom. The van der Waals surface area contributed by atoms with E-state index < -0.39 is 0 Å². The van der Waals surface area contributed by atoms with E-state index in [0.29, 0.717) is 0 Å². The Morgan fingerprint density at radius 1 is 0.917 bits per heavy atom. The zero-order chi connectivity index (χ0) is 9.98. The Hall–Kier alpha value is -0.900. The first-order valence-corrected chi connectivity index (χ1v) is 4.32. The molecule has 0 aliphatic carbocycles. The van der Waals surface area contributed by atoms with Crippen LogP contribution in [0.1, 0.15) is 27.7 Å². The highest BCUT2D eigenvalue weighted by molar-refractivity contribution is 5.99. The van der Waals surface area contributed by atoms with E-state index in [1.54, 1.807) is 0 Å². The fourth-order valence-corrected chi connectivity index (χ4v) is 0.533. The molecule has 2 N–H and O–H groups in total. The lowest BCUT2D eigenvalue weighted by atomic mass is 10.4. The Balaban J connectivity index is 0. The fraction of sp³-hybridized carbons (Fsp3) is 0.750. The van der Waals surface area contributed by atoms with E-state index in [1.165, 1.54) is 0 Å². The van der Waals surface area contributed by atoms with Crippen LogP contribution in [0.2, 0.25) is 0 Å². The SMILES string of the molecule is CC.CC.O=C1CNCC(=O)N1. The molecule has 0 aromatic carbocycles. The lowest BCUT2D eigenvalue weighted by Gasteiger charge is -2.09. The molecule has 4 nitrogen and oxygen atoms in total. The number of rotatable bonds is 0. The molecule has 0 atom stereocenters. The molecule has 0 unspecified atom stereocenters. The molecule has 0 radical (unpaired) electrons. The van der Waals surface area contributed by atoms with Crippen LogP contribution in [0.15, 0.2) is 0 Å². The molecule has 2 amide bonds. The van der Waals surface area contributed by atoms with Crippen molar-refractivity contribution in [1.82, 2.24) is 10.6 Å². The molecule has 0 saturated carbocycles. The predicted octanol–water partition coefficient (Wildman–Crippen LogP) is 0.285. The number of piperazine rings is 1. The molecule has 1 aliphatic heterocycles. The second kappa shape index (κ2) is 10.1. The zero-order valence-electron chi connectivity index (χ0n) is 8.23. The molecule has 1 rings (SSSR count). The van der Waals surface area contributed by atoms with Gasteiger partial charge in [0, 0.05) is 0 Å². The average Bonchev–Trinajstić information content (AvgIpc) is 2.11. The summed E-state index contributed by atoms with van der Waals surface area (Å²) in [5.41, 5.74) is 0. The van der Waals surface area contributed by atoms with Crippen LogP contribution in [0.25, 0.3) is 0 Å². The Bertz CT molecular complexity index is 121. The van der Waals surface area contributed by atoms with Gasteiger partial charge in [-0.15, -0.1) is 0 Å². The topological polar surface area (TPSA) is 58.2 Å². The van der Waals surface area contributed by atoms with Crippen molar-refractivity contribution in [3.05, 3.63) is 0 Å². The van der Waals surface area contributed by atoms with Crippen molar-refractivity contribution < 1.29 is 9.59 Å². The van der Waals surface area contributed by atoms with Crippen LogP contribution in [-0.4, -0.2) is 24.9 Å². The number of hydrogen-bond acceptors (Lipinski definition) is 3. The number of carbonyl (C=O) groups excluding carboxylic acids is 2. The molecular weight excluding hydrogens is 156 g/mol. The minimum atomic E-state index is -0.249. The van der Waals surface area contributed by atoms with Gasteiger partial charge in [0.25, 0.3) is 0 Å². The van der Waals surface area contributed by atoms with E-state index in [-0.39, 0.29) is 24.9 Å². The summed E-state index contributed by atoms with van der Waals surface area (Å²) in [6.07, 6.45) is 0. The number of carbonyl (C=O) groups is 2. The molecule has 0 bridgehead atoms. The predicted molar refractivity (Wildman–Crippen MR) is 48.7 cm³/mol. The van der Waals surface area contributed by atoms with Crippen molar-refractivity contribution in [1.29, 1.82) is 0 Å². The molecule has 1 fully saturated rings. The van der Waals surface area contributed by atoms with Crippen LogP contribution in [0, 0.1) is 0 Å². The molecule has 1 saturated heterocycles. The van der Waals surface area contributed by atoms with Gasteiger partial charge < -0.3 is 0 Å². The van der Waals surface area contributed by atoms with Gasteiger partial charge in [-0.05, 0) is 0 Å². The van der Waals surface area contributed by atoms with Gasteiger partial charge in [-0.2, -0.15) is 0 Å². The maximum atomic E-state index is 10.3. The third-order valence-corrected chi connectivity index (χ3v) is 0.850. The average molecular weight is 174 g/mol. The highest BCUT2D eigenvalue weighted by atomic mass is 16.2. The van der Waals surface area contributed by atoms with Gasteiger partial charge in [-0.3, -0.25) is 20.2 Å². The van der Waals surface area contributed by atoms with Crippen molar-refractivity contribution in [2.75, 3.05) is 13.1 Å². The van der Waals surface area contributed by atoms with Crippen LogP contribution in [0.4, 0.5) is 0 Å². The maximum absolute atomic E-state index is 10.3. The largest absolute Gasteiger partial charge is 0.300 e. The van der Waals surface area contributed by atoms with Crippen LogP contribution < -0.4 is 10.6 Å². The van der Waals surface area contributed by atoms with E-state index in [0.717, 1.165) is 0 Å². The van der Waals surface area contributed by atoms with Gasteiger partial charge in [0.05, 0.1) is 13.1 Å². The van der Waals surface area contributed by atoms with Gasteiger partial charge in [0.2, 0.25) is 11.8 Å². The van der Waals surface area contributed by atoms with E-state index in [9.17, 15) is 9.59 Å². The number of nitrogens with one attached hydrogen (secondary N) is 2. The summed E-state index contributed by atoms with van der Waals surface area (Å²) in [6, 6.07) is 0. The second-order valence-corrected chi connectivity index (χ2v) is 1.57. The summed E-state index contributed by atoms with van der Waals surface area (Å²) >= 11 is 0. The molecule has 1 heterocycles. The van der Waals surface area contributed by atoms with Crippen LogP contribution in [0.5, 0.6) is 0 Å². The van der Waals surface area contributed by atoms with Crippen LogP contribution in [-0.2, 0) is 9.59 Å². The molecule has 4 heteroatoms. The minimum Gasteiger partial charge on any atom is -0.300 e. The zero-order valence-corrected chi connectivity index (χ0v) is 8.23. The number of hydrogen-bond donors (Lipinski definition) is 2. The van der Waals surface area contributed by atoms with Crippen molar-refractivity contribution in [2.45, 2.75) is 27.7 Å². The summed E-state index contributed by atoms with van der Waals surface area (Å²) in [4.78, 5) is 20.6. The molecule has 12 heavy (non-hydrogen) atoms. The van der Waals surface area contributed by atoms with Crippen LogP contribution in [0.3, 0.4) is 0 Å². The summed E-state index contributed by atoms with van der Waals surface area (Å²) in [7, 11) is 0. The molecule has 0 aromatic heterocycles. The first-order valence-electron chi connectivity index (χ1n) is 4.32. The van der Waals surface area contributed by atoms with Gasteiger partial charge in [0.1, 0.15) is 0 Å². The van der Waals surface area contributed by atoms with E-state index in [4.69, 9.17) is 0 Å². The smallest absolute Gasteiger partial charge is 0.240 e. The number of imide groups is 1. The van der Waals surface area contributed by atoms with E-state index >= 15 is 0 Å². The van der Waals surface area contributed by atoms with Crippen molar-refractivity contribution in [2.24, 2.45) is 0 Å². The molecule has 0 aromatic rings. The standard InChI is InChI=1S/C4H6N2O2.2C2H6/c7-3-1-5-2-4(8)6-3;2*1-2/h5H,1-2H2,(H,6,7,8);2*1-2H3. The van der Waals surface area contributed by atoms with E-state index in [1.807, 2.05) is 27.7 Å². The van der Waals surface area contributed by atoms with E-state index in [2.05, 4.69) is 10.6 Å². The van der Waals surface area contributed by atoms with Gasteiger partial charge in [-0.25, -0.2) is 0 Å². The lowest BCUT2D eigenvalue weighted by Crippen LogP contribution is -2.48. The lowest BCUT2D eigenvalue weighted by molar-refractivity contribution is -0.131. The molecular formula is C8H18N2O2. The molecule has 1 aliphatic rings. The molecule has 72 valence electrons. The summed E-state index contributed by atoms with van der Waals surface area (Å²) in [5.74, 6) is -0.498. The fourth-order valence-electron chi connectivity index (χ4n) is 0.533.